The summed E-state index contributed by atoms with van der Waals surface area (Å²) >= 11 is 0. The highest BCUT2D eigenvalue weighted by Gasteiger charge is 2.21. The SMILES string of the molecule is CC[C@H](Oc1ccc(C)c(C)c1)C(=O)Nc1cc([N+](=O)[O-])ccc1OC. The van der Waals surface area contributed by atoms with Crippen molar-refractivity contribution in [3.05, 3.63) is 57.6 Å². The number of hydrogen-bond acceptors (Lipinski definition) is 5. The van der Waals surface area contributed by atoms with Crippen LogP contribution >= 0.6 is 0 Å². The van der Waals surface area contributed by atoms with Crippen molar-refractivity contribution in [2.75, 3.05) is 12.4 Å². The maximum Gasteiger partial charge on any atom is 0.271 e. The number of anilines is 1. The maximum atomic E-state index is 12.6. The van der Waals surface area contributed by atoms with E-state index in [4.69, 9.17) is 9.47 Å². The summed E-state index contributed by atoms with van der Waals surface area (Å²) in [5, 5.41) is 13.6. The lowest BCUT2D eigenvalue weighted by molar-refractivity contribution is -0.384. The second-order valence-corrected chi connectivity index (χ2v) is 5.89. The van der Waals surface area contributed by atoms with Gasteiger partial charge in [-0.25, -0.2) is 0 Å². The number of carbonyl (C=O) groups is 1. The Balaban J connectivity index is 2.19. The Hall–Kier alpha value is -3.09. The molecule has 0 aliphatic heterocycles. The molecule has 0 unspecified atom stereocenters. The number of aryl methyl sites for hydroxylation is 2. The summed E-state index contributed by atoms with van der Waals surface area (Å²) in [5.41, 5.74) is 2.30. The molecule has 2 rings (SSSR count). The van der Waals surface area contributed by atoms with Crippen molar-refractivity contribution in [3.63, 3.8) is 0 Å². The first kappa shape index (κ1) is 19.2. The second kappa shape index (κ2) is 8.33. The minimum atomic E-state index is -0.735. The van der Waals surface area contributed by atoms with E-state index in [1.54, 1.807) is 0 Å². The molecule has 1 N–H and O–H groups in total. The van der Waals surface area contributed by atoms with E-state index in [1.165, 1.54) is 25.3 Å². The van der Waals surface area contributed by atoms with Gasteiger partial charge in [-0.15, -0.1) is 0 Å². The van der Waals surface area contributed by atoms with Gasteiger partial charge in [-0.2, -0.15) is 0 Å². The van der Waals surface area contributed by atoms with Gasteiger partial charge in [0.1, 0.15) is 11.5 Å². The van der Waals surface area contributed by atoms with Gasteiger partial charge in [-0.05, 0) is 49.6 Å². The van der Waals surface area contributed by atoms with E-state index in [2.05, 4.69) is 5.32 Å². The van der Waals surface area contributed by atoms with Gasteiger partial charge in [0.2, 0.25) is 0 Å². The van der Waals surface area contributed by atoms with Crippen LogP contribution in [0.3, 0.4) is 0 Å². The third-order valence-corrected chi connectivity index (χ3v) is 4.07. The van der Waals surface area contributed by atoms with Crippen molar-refractivity contribution >= 4 is 17.3 Å². The van der Waals surface area contributed by atoms with E-state index in [-0.39, 0.29) is 11.4 Å². The molecule has 0 fully saturated rings. The number of nitrogens with zero attached hydrogens (tertiary/aromatic N) is 1. The number of nitrogens with one attached hydrogen (secondary N) is 1. The first-order valence-electron chi connectivity index (χ1n) is 8.23. The van der Waals surface area contributed by atoms with Crippen molar-refractivity contribution in [2.24, 2.45) is 0 Å². The number of benzene rings is 2. The van der Waals surface area contributed by atoms with Gasteiger partial charge in [0.15, 0.2) is 6.10 Å². The van der Waals surface area contributed by atoms with Crippen LogP contribution in [-0.4, -0.2) is 24.0 Å². The lowest BCUT2D eigenvalue weighted by Gasteiger charge is -2.19. The van der Waals surface area contributed by atoms with Crippen LogP contribution in [0.15, 0.2) is 36.4 Å². The molecule has 0 spiro atoms. The van der Waals surface area contributed by atoms with Gasteiger partial charge >= 0.3 is 0 Å². The zero-order valence-electron chi connectivity index (χ0n) is 15.2. The molecular formula is C19H22N2O5. The fourth-order valence-corrected chi connectivity index (χ4v) is 2.39. The standard InChI is InChI=1S/C19H22N2O5/c1-5-17(26-15-8-6-12(2)13(3)10-15)19(22)20-16-11-14(21(23)24)7-9-18(16)25-4/h6-11,17H,5H2,1-4H3,(H,20,22)/t17-/m0/s1. The Morgan fingerprint density at radius 2 is 1.92 bits per heavy atom. The van der Waals surface area contributed by atoms with Gasteiger partial charge in [-0.1, -0.05) is 13.0 Å². The lowest BCUT2D eigenvalue weighted by Crippen LogP contribution is -2.32. The molecule has 2 aromatic rings. The molecule has 1 amide bonds. The summed E-state index contributed by atoms with van der Waals surface area (Å²) in [7, 11) is 1.43. The number of rotatable bonds is 7. The van der Waals surface area contributed by atoms with Crippen LogP contribution in [0, 0.1) is 24.0 Å². The average Bonchev–Trinajstić information content (AvgIpc) is 2.62. The molecular weight excluding hydrogens is 336 g/mol. The number of carbonyl (C=O) groups excluding carboxylic acids is 1. The largest absolute Gasteiger partial charge is 0.495 e. The molecule has 0 bridgehead atoms. The first-order valence-corrected chi connectivity index (χ1v) is 8.23. The molecule has 138 valence electrons. The molecule has 0 radical (unpaired) electrons. The Bertz CT molecular complexity index is 820. The van der Waals surface area contributed by atoms with Crippen LogP contribution in [0.1, 0.15) is 24.5 Å². The minimum absolute atomic E-state index is 0.135. The smallest absolute Gasteiger partial charge is 0.271 e. The average molecular weight is 358 g/mol. The monoisotopic (exact) mass is 358 g/mol. The topological polar surface area (TPSA) is 90.7 Å². The van der Waals surface area contributed by atoms with Gasteiger partial charge in [-0.3, -0.25) is 14.9 Å². The molecule has 26 heavy (non-hydrogen) atoms. The predicted molar refractivity (Wildman–Crippen MR) is 98.9 cm³/mol. The number of nitro benzene ring substituents is 1. The summed E-state index contributed by atoms with van der Waals surface area (Å²) < 4.78 is 11.0. The number of nitro groups is 1. The van der Waals surface area contributed by atoms with Gasteiger partial charge in [0.05, 0.1) is 17.7 Å². The van der Waals surface area contributed by atoms with Crippen LogP contribution < -0.4 is 14.8 Å². The molecule has 7 nitrogen and oxygen atoms in total. The lowest BCUT2D eigenvalue weighted by atomic mass is 10.1. The molecule has 0 saturated carbocycles. The number of hydrogen-bond donors (Lipinski definition) is 1. The van der Waals surface area contributed by atoms with Crippen molar-refractivity contribution in [3.8, 4) is 11.5 Å². The highest BCUT2D eigenvalue weighted by molar-refractivity contribution is 5.96. The van der Waals surface area contributed by atoms with Crippen LogP contribution in [0.2, 0.25) is 0 Å². The van der Waals surface area contributed by atoms with Gasteiger partial charge < -0.3 is 14.8 Å². The summed E-state index contributed by atoms with van der Waals surface area (Å²) in [5.74, 6) is 0.538. The quantitative estimate of drug-likeness (QED) is 0.596. The fourth-order valence-electron chi connectivity index (χ4n) is 2.39. The van der Waals surface area contributed by atoms with E-state index < -0.39 is 16.9 Å². The van der Waals surface area contributed by atoms with E-state index >= 15 is 0 Å². The summed E-state index contributed by atoms with van der Waals surface area (Å²) in [6.45, 7) is 5.80. The molecule has 0 saturated heterocycles. The fraction of sp³-hybridized carbons (Fsp3) is 0.316. The van der Waals surface area contributed by atoms with E-state index in [9.17, 15) is 14.9 Å². The van der Waals surface area contributed by atoms with Gasteiger partial charge in [0.25, 0.3) is 11.6 Å². The number of methoxy groups -OCH3 is 1. The number of amides is 1. The third kappa shape index (κ3) is 4.50. The van der Waals surface area contributed by atoms with Crippen molar-refractivity contribution < 1.29 is 19.2 Å². The number of non-ortho nitro benzene ring substituents is 1. The van der Waals surface area contributed by atoms with Crippen LogP contribution in [0.5, 0.6) is 11.5 Å². The number of ether oxygens (including phenoxy) is 2. The summed E-state index contributed by atoms with van der Waals surface area (Å²) in [6, 6.07) is 9.64. The second-order valence-electron chi connectivity index (χ2n) is 5.89. The summed E-state index contributed by atoms with van der Waals surface area (Å²) in [4.78, 5) is 23.0. The minimum Gasteiger partial charge on any atom is -0.495 e. The highest BCUT2D eigenvalue weighted by atomic mass is 16.6. The zero-order chi connectivity index (χ0) is 19.3. The molecule has 0 aromatic heterocycles. The predicted octanol–water partition coefficient (Wildman–Crippen LogP) is 4.02. The van der Waals surface area contributed by atoms with Crippen LogP contribution in [-0.2, 0) is 4.79 Å². The molecule has 0 heterocycles. The highest BCUT2D eigenvalue weighted by Crippen LogP contribution is 2.29. The van der Waals surface area contributed by atoms with Crippen LogP contribution in [0.4, 0.5) is 11.4 Å². The molecule has 2 aromatic carbocycles. The van der Waals surface area contributed by atoms with Crippen molar-refractivity contribution in [2.45, 2.75) is 33.3 Å². The molecule has 7 heteroatoms. The first-order chi connectivity index (χ1) is 12.3. The Morgan fingerprint density at radius 1 is 1.19 bits per heavy atom. The molecule has 0 aliphatic rings. The zero-order valence-corrected chi connectivity index (χ0v) is 15.2. The van der Waals surface area contributed by atoms with E-state index in [0.29, 0.717) is 17.9 Å². The van der Waals surface area contributed by atoms with Crippen LogP contribution in [0.25, 0.3) is 0 Å². The Morgan fingerprint density at radius 3 is 2.50 bits per heavy atom. The van der Waals surface area contributed by atoms with E-state index in [1.807, 2.05) is 39.0 Å². The molecule has 1 atom stereocenters. The molecule has 0 aliphatic carbocycles. The Labute approximate surface area is 152 Å². The van der Waals surface area contributed by atoms with Crippen molar-refractivity contribution in [1.29, 1.82) is 0 Å². The maximum absolute atomic E-state index is 12.6. The summed E-state index contributed by atoms with van der Waals surface area (Å²) in [6.07, 6.45) is -0.295. The Kier molecular flexibility index (Phi) is 6.16. The van der Waals surface area contributed by atoms with E-state index in [0.717, 1.165) is 11.1 Å². The third-order valence-electron chi connectivity index (χ3n) is 4.07. The van der Waals surface area contributed by atoms with Gasteiger partial charge in [0, 0.05) is 12.1 Å². The van der Waals surface area contributed by atoms with Crippen molar-refractivity contribution in [1.82, 2.24) is 0 Å². The normalized spacial score (nSPS) is 11.5.